The molecular weight excluding hydrogens is 450 g/mol. The van der Waals surface area contributed by atoms with Crippen molar-refractivity contribution in [3.8, 4) is 17.2 Å². The third-order valence-corrected chi connectivity index (χ3v) is 7.90. The minimum Gasteiger partial charge on any atom is -0.379 e. The predicted molar refractivity (Wildman–Crippen MR) is 143 cm³/mol. The molecule has 0 spiro atoms. The fourth-order valence-electron chi connectivity index (χ4n) is 5.94. The van der Waals surface area contributed by atoms with Crippen molar-refractivity contribution in [1.82, 2.24) is 10.2 Å². The molecule has 0 aliphatic carbocycles. The highest BCUT2D eigenvalue weighted by Gasteiger charge is 2.29. The number of morpholine rings is 1. The highest BCUT2D eigenvalue weighted by atomic mass is 16.5. The number of nitrogens with zero attached hydrogens (tertiary/aromatic N) is 4. The minimum absolute atomic E-state index is 0.0517. The van der Waals surface area contributed by atoms with Gasteiger partial charge in [0.1, 0.15) is 12.6 Å². The first-order valence-corrected chi connectivity index (χ1v) is 13.4. The fraction of sp³-hybridized carbons (Fsp3) is 0.517. The molecule has 2 aromatic carbocycles. The molecule has 3 heterocycles. The smallest absolute Gasteiger partial charge is 0.243 e. The molecule has 1 atom stereocenters. The van der Waals surface area contributed by atoms with Gasteiger partial charge in [0.25, 0.3) is 0 Å². The number of hydrogen-bond donors (Lipinski definition) is 1. The Morgan fingerprint density at radius 2 is 1.61 bits per heavy atom. The predicted octanol–water partition coefficient (Wildman–Crippen LogP) is 3.65. The van der Waals surface area contributed by atoms with E-state index in [1.807, 2.05) is 6.07 Å². The van der Waals surface area contributed by atoms with Crippen molar-refractivity contribution in [2.75, 3.05) is 62.3 Å². The number of piperidine rings is 2. The summed E-state index contributed by atoms with van der Waals surface area (Å²) in [6.45, 7) is 6.93. The summed E-state index contributed by atoms with van der Waals surface area (Å²) in [6.07, 6.45) is 5.32. The van der Waals surface area contributed by atoms with Crippen LogP contribution in [0.5, 0.6) is 0 Å². The lowest BCUT2D eigenvalue weighted by Gasteiger charge is -2.41. The Morgan fingerprint density at radius 3 is 2.33 bits per heavy atom. The summed E-state index contributed by atoms with van der Waals surface area (Å²) in [6, 6.07) is 19.9. The van der Waals surface area contributed by atoms with Crippen molar-refractivity contribution >= 4 is 17.3 Å². The van der Waals surface area contributed by atoms with Crippen LogP contribution in [-0.4, -0.2) is 75.4 Å². The molecule has 190 valence electrons. The molecule has 3 fully saturated rings. The van der Waals surface area contributed by atoms with E-state index < -0.39 is 0 Å². The molecule has 0 saturated carbocycles. The molecule has 1 N–H and O–H groups in total. The summed E-state index contributed by atoms with van der Waals surface area (Å²) in [4.78, 5) is 20.1. The third kappa shape index (κ3) is 5.66. The Labute approximate surface area is 214 Å². The third-order valence-electron chi connectivity index (χ3n) is 7.90. The average Bonchev–Trinajstić information content (AvgIpc) is 2.96. The molecule has 0 radical (unpaired) electrons. The molecule has 5 rings (SSSR count). The van der Waals surface area contributed by atoms with E-state index in [0.29, 0.717) is 6.04 Å². The zero-order valence-electron chi connectivity index (χ0n) is 21.1. The molecular formula is C29H37N5O2. The zero-order valence-corrected chi connectivity index (χ0v) is 21.1. The number of rotatable bonds is 6. The molecule has 3 saturated heterocycles. The van der Waals surface area contributed by atoms with Crippen LogP contribution >= 0.6 is 0 Å². The van der Waals surface area contributed by atoms with Gasteiger partial charge in [0.2, 0.25) is 5.91 Å². The van der Waals surface area contributed by atoms with E-state index in [2.05, 4.69) is 68.5 Å². The maximum atomic E-state index is 12.7. The number of carbonyl (C=O) groups excluding carboxylic acids is 1. The zero-order chi connectivity index (χ0) is 24.7. The second-order valence-electron chi connectivity index (χ2n) is 10.0. The summed E-state index contributed by atoms with van der Waals surface area (Å²) >= 11 is 0. The quantitative estimate of drug-likeness (QED) is 0.627. The van der Waals surface area contributed by atoms with Crippen LogP contribution in [0.1, 0.15) is 32.1 Å². The molecule has 3 aliphatic rings. The average molecular weight is 488 g/mol. The van der Waals surface area contributed by atoms with E-state index in [1.165, 1.54) is 29.7 Å². The Morgan fingerprint density at radius 1 is 0.917 bits per heavy atom. The first-order valence-electron chi connectivity index (χ1n) is 13.4. The molecule has 36 heavy (non-hydrogen) atoms. The van der Waals surface area contributed by atoms with E-state index >= 15 is 0 Å². The summed E-state index contributed by atoms with van der Waals surface area (Å²) in [7, 11) is 0. The Kier molecular flexibility index (Phi) is 8.04. The van der Waals surface area contributed by atoms with Crippen LogP contribution in [0.25, 0.3) is 11.1 Å². The van der Waals surface area contributed by atoms with Crippen molar-refractivity contribution in [2.45, 2.75) is 44.2 Å². The first-order chi connectivity index (χ1) is 17.7. The lowest BCUT2D eigenvalue weighted by molar-refractivity contribution is -0.122. The van der Waals surface area contributed by atoms with Gasteiger partial charge in [0, 0.05) is 50.1 Å². The van der Waals surface area contributed by atoms with Gasteiger partial charge in [-0.1, -0.05) is 24.3 Å². The van der Waals surface area contributed by atoms with Crippen LogP contribution in [0.4, 0.5) is 11.4 Å². The van der Waals surface area contributed by atoms with Gasteiger partial charge in [-0.2, -0.15) is 5.26 Å². The van der Waals surface area contributed by atoms with E-state index in [1.54, 1.807) is 0 Å². The number of nitrogens with one attached hydrogen (secondary N) is 1. The van der Waals surface area contributed by atoms with E-state index in [9.17, 15) is 4.79 Å². The fourth-order valence-corrected chi connectivity index (χ4v) is 5.94. The van der Waals surface area contributed by atoms with Gasteiger partial charge in [-0.3, -0.25) is 9.69 Å². The number of anilines is 2. The largest absolute Gasteiger partial charge is 0.379 e. The van der Waals surface area contributed by atoms with E-state index in [0.717, 1.165) is 70.9 Å². The summed E-state index contributed by atoms with van der Waals surface area (Å²) < 4.78 is 5.53. The van der Waals surface area contributed by atoms with E-state index in [-0.39, 0.29) is 18.5 Å². The van der Waals surface area contributed by atoms with Crippen molar-refractivity contribution in [2.24, 2.45) is 0 Å². The van der Waals surface area contributed by atoms with Crippen LogP contribution in [0, 0.1) is 11.3 Å². The van der Waals surface area contributed by atoms with Crippen molar-refractivity contribution in [1.29, 1.82) is 5.26 Å². The van der Waals surface area contributed by atoms with Crippen LogP contribution in [0.3, 0.4) is 0 Å². The highest BCUT2D eigenvalue weighted by molar-refractivity contribution is 5.86. The van der Waals surface area contributed by atoms with Gasteiger partial charge in [-0.25, -0.2) is 0 Å². The van der Waals surface area contributed by atoms with Gasteiger partial charge >= 0.3 is 0 Å². The molecule has 7 heteroatoms. The molecule has 3 aliphatic heterocycles. The minimum atomic E-state index is -0.221. The highest BCUT2D eigenvalue weighted by Crippen LogP contribution is 2.32. The SMILES string of the molecule is N#CCNC(=O)C1CCCCN1c1cccc(-c2cccc(N3CCC(N4CCOCC4)CC3)c2)c1. The van der Waals surface area contributed by atoms with Gasteiger partial charge in [0.05, 0.1) is 19.3 Å². The number of benzene rings is 2. The Balaban J connectivity index is 1.28. The van der Waals surface area contributed by atoms with Crippen LogP contribution in [0.2, 0.25) is 0 Å². The maximum Gasteiger partial charge on any atom is 0.243 e. The molecule has 1 amide bonds. The van der Waals surface area contributed by atoms with Crippen molar-refractivity contribution in [3.05, 3.63) is 48.5 Å². The number of hydrogen-bond acceptors (Lipinski definition) is 6. The monoisotopic (exact) mass is 487 g/mol. The standard InChI is InChI=1S/C29H37N5O2/c30-12-13-31-29(35)28-9-1-2-14-34(28)27-8-4-6-24(22-27)23-5-3-7-26(21-23)32-15-10-25(11-16-32)33-17-19-36-20-18-33/h3-8,21-22,25,28H,1-2,9-11,13-20H2,(H,31,35). The number of nitriles is 1. The lowest BCUT2D eigenvalue weighted by atomic mass is 9.98. The van der Waals surface area contributed by atoms with E-state index in [4.69, 9.17) is 10.00 Å². The second-order valence-corrected chi connectivity index (χ2v) is 10.0. The second kappa shape index (κ2) is 11.8. The van der Waals surface area contributed by atoms with Crippen LogP contribution < -0.4 is 15.1 Å². The van der Waals surface area contributed by atoms with Gasteiger partial charge in [-0.15, -0.1) is 0 Å². The van der Waals surface area contributed by atoms with Gasteiger partial charge in [0.15, 0.2) is 0 Å². The molecule has 0 bridgehead atoms. The van der Waals surface area contributed by atoms with Gasteiger partial charge < -0.3 is 19.9 Å². The Bertz CT molecular complexity index is 1070. The topological polar surface area (TPSA) is 71.8 Å². The maximum absolute atomic E-state index is 12.7. The van der Waals surface area contributed by atoms with Gasteiger partial charge in [-0.05, 0) is 67.5 Å². The van der Waals surface area contributed by atoms with Crippen molar-refractivity contribution < 1.29 is 9.53 Å². The summed E-state index contributed by atoms with van der Waals surface area (Å²) in [5.41, 5.74) is 4.72. The normalized spacial score (nSPS) is 21.7. The molecule has 2 aromatic rings. The number of ether oxygens (including phenoxy) is 1. The molecule has 0 aromatic heterocycles. The summed E-state index contributed by atoms with van der Waals surface area (Å²) in [5, 5.41) is 11.6. The summed E-state index contributed by atoms with van der Waals surface area (Å²) in [5.74, 6) is -0.0517. The van der Waals surface area contributed by atoms with Crippen molar-refractivity contribution in [3.63, 3.8) is 0 Å². The number of carbonyl (C=O) groups is 1. The van der Waals surface area contributed by atoms with Crippen LogP contribution in [0.15, 0.2) is 48.5 Å². The molecule has 7 nitrogen and oxygen atoms in total. The Hall–Kier alpha value is -3.08. The first kappa shape index (κ1) is 24.6. The lowest BCUT2D eigenvalue weighted by Crippen LogP contribution is -2.49. The number of amides is 1. The molecule has 1 unspecified atom stereocenters. The van der Waals surface area contributed by atoms with Crippen LogP contribution in [-0.2, 0) is 9.53 Å².